The molecule has 7 nitrogen and oxygen atoms in total. The number of carbonyl (C=O) groups excluding carboxylic acids is 1. The summed E-state index contributed by atoms with van der Waals surface area (Å²) in [4.78, 5) is 17.9. The summed E-state index contributed by atoms with van der Waals surface area (Å²) in [6, 6.07) is 8.99. The van der Waals surface area contributed by atoms with Crippen molar-refractivity contribution < 1.29 is 19.7 Å². The van der Waals surface area contributed by atoms with Crippen molar-refractivity contribution in [1.29, 1.82) is 0 Å². The lowest BCUT2D eigenvalue weighted by molar-refractivity contribution is 0.101. The Bertz CT molecular complexity index is 1300. The number of hydrogen-bond acceptors (Lipinski definition) is 6. The molecule has 0 amide bonds. The number of unbranched alkanes of at least 4 members (excludes halogenated alkanes) is 2. The first-order chi connectivity index (χ1) is 17.4. The first-order valence-electron chi connectivity index (χ1n) is 13.0. The molecule has 5 rings (SSSR count). The molecule has 2 N–H and O–H groups in total. The van der Waals surface area contributed by atoms with Crippen LogP contribution in [0.25, 0.3) is 17.0 Å². The average molecular weight is 490 g/mol. The number of nitrogens with zero attached hydrogens (tertiary/aromatic N) is 3. The van der Waals surface area contributed by atoms with Gasteiger partial charge < -0.3 is 24.4 Å². The van der Waals surface area contributed by atoms with Crippen molar-refractivity contribution in [2.45, 2.75) is 39.2 Å². The van der Waals surface area contributed by atoms with Gasteiger partial charge >= 0.3 is 0 Å². The van der Waals surface area contributed by atoms with E-state index in [-0.39, 0.29) is 34.4 Å². The second kappa shape index (κ2) is 10.4. The van der Waals surface area contributed by atoms with E-state index in [9.17, 15) is 15.0 Å². The van der Waals surface area contributed by atoms with Crippen LogP contribution in [0.2, 0.25) is 0 Å². The van der Waals surface area contributed by atoms with Crippen LogP contribution in [-0.4, -0.2) is 70.1 Å². The van der Waals surface area contributed by atoms with Crippen molar-refractivity contribution >= 4 is 22.8 Å². The highest BCUT2D eigenvalue weighted by Gasteiger charge is 2.31. The number of aromatic hydroxyl groups is 2. The molecule has 0 spiro atoms. The number of allylic oxidation sites excluding steroid dienone is 1. The normalized spacial score (nSPS) is 17.7. The third kappa shape index (κ3) is 4.86. The van der Waals surface area contributed by atoms with Crippen LogP contribution in [0.15, 0.2) is 42.3 Å². The predicted octanol–water partition coefficient (Wildman–Crippen LogP) is 4.65. The number of phenols is 2. The van der Waals surface area contributed by atoms with Crippen LogP contribution < -0.4 is 4.74 Å². The minimum atomic E-state index is -0.371. The third-order valence-electron chi connectivity index (χ3n) is 7.35. The molecule has 1 saturated heterocycles. The van der Waals surface area contributed by atoms with Crippen molar-refractivity contribution in [2.75, 3.05) is 39.8 Å². The number of ketones is 1. The molecule has 2 aliphatic heterocycles. The zero-order valence-electron chi connectivity index (χ0n) is 21.2. The number of piperazine rings is 1. The minimum Gasteiger partial charge on any atom is -0.508 e. The smallest absolute Gasteiger partial charge is 0.235 e. The molecule has 3 heterocycles. The number of carbonyl (C=O) groups is 1. The molecule has 3 aromatic rings. The summed E-state index contributed by atoms with van der Waals surface area (Å²) in [6.07, 6.45) is 8.34. The quantitative estimate of drug-likeness (QED) is 0.354. The topological polar surface area (TPSA) is 78.2 Å². The molecule has 36 heavy (non-hydrogen) atoms. The number of likely N-dealkylation sites (N-methyl/N-ethyl adjacent to an activating group) is 1. The van der Waals surface area contributed by atoms with Gasteiger partial charge in [-0.25, -0.2) is 0 Å². The number of ether oxygens (including phenoxy) is 1. The number of hydrogen-bond donors (Lipinski definition) is 2. The van der Waals surface area contributed by atoms with E-state index < -0.39 is 0 Å². The minimum absolute atomic E-state index is 0.0982. The van der Waals surface area contributed by atoms with Crippen molar-refractivity contribution in [1.82, 2.24) is 14.4 Å². The molecule has 190 valence electrons. The lowest BCUT2D eigenvalue weighted by atomic mass is 10.00. The van der Waals surface area contributed by atoms with Crippen LogP contribution in [0, 0.1) is 0 Å². The van der Waals surface area contributed by atoms with Crippen molar-refractivity contribution in [3.8, 4) is 17.2 Å². The van der Waals surface area contributed by atoms with E-state index in [4.69, 9.17) is 4.74 Å². The Balaban J connectivity index is 1.50. The van der Waals surface area contributed by atoms with Gasteiger partial charge in [0.2, 0.25) is 5.78 Å². The molecule has 7 heteroatoms. The molecule has 0 atom stereocenters. The fraction of sp³-hybridized carbons (Fsp3) is 0.414. The molecule has 0 bridgehead atoms. The molecule has 0 radical (unpaired) electrons. The van der Waals surface area contributed by atoms with Gasteiger partial charge in [0.25, 0.3) is 0 Å². The first-order valence-corrected chi connectivity index (χ1v) is 13.0. The molecule has 2 aliphatic rings. The van der Waals surface area contributed by atoms with E-state index in [1.807, 2.05) is 0 Å². The molecular weight excluding hydrogens is 454 g/mol. The largest absolute Gasteiger partial charge is 0.508 e. The summed E-state index contributed by atoms with van der Waals surface area (Å²) in [5.74, 6) is -0.435. The van der Waals surface area contributed by atoms with Gasteiger partial charge in [0.05, 0.1) is 0 Å². The molecule has 1 fully saturated rings. The monoisotopic (exact) mass is 489 g/mol. The lowest BCUT2D eigenvalue weighted by Gasteiger charge is -2.32. The maximum Gasteiger partial charge on any atom is 0.235 e. The number of Topliss-reactive ketones (excluding diaryl/α,β-unsaturated/α-hetero) is 1. The number of aromatic nitrogens is 1. The maximum atomic E-state index is 13.1. The van der Waals surface area contributed by atoms with Crippen LogP contribution in [0.5, 0.6) is 17.2 Å². The fourth-order valence-corrected chi connectivity index (χ4v) is 5.27. The van der Waals surface area contributed by atoms with Gasteiger partial charge in [-0.1, -0.05) is 31.9 Å². The van der Waals surface area contributed by atoms with Crippen LogP contribution in [-0.2, 0) is 13.0 Å². The highest BCUT2D eigenvalue weighted by Crippen LogP contribution is 2.41. The highest BCUT2D eigenvalue weighted by atomic mass is 16.5. The number of rotatable bonds is 8. The Kier molecular flexibility index (Phi) is 7.03. The Morgan fingerprint density at radius 1 is 1.06 bits per heavy atom. The summed E-state index contributed by atoms with van der Waals surface area (Å²) < 4.78 is 8.11. The number of benzene rings is 2. The van der Waals surface area contributed by atoms with Crippen molar-refractivity contribution in [3.05, 3.63) is 59.0 Å². The third-order valence-corrected chi connectivity index (χ3v) is 7.35. The fourth-order valence-electron chi connectivity index (χ4n) is 5.27. The first kappa shape index (κ1) is 24.4. The van der Waals surface area contributed by atoms with Crippen LogP contribution in [0.3, 0.4) is 0 Å². The summed E-state index contributed by atoms with van der Waals surface area (Å²) in [7, 11) is 2.17. The van der Waals surface area contributed by atoms with E-state index >= 15 is 0 Å². The maximum absolute atomic E-state index is 13.1. The van der Waals surface area contributed by atoms with Gasteiger partial charge in [-0.2, -0.15) is 0 Å². The van der Waals surface area contributed by atoms with Crippen LogP contribution in [0.4, 0.5) is 0 Å². The molecule has 0 aliphatic carbocycles. The lowest BCUT2D eigenvalue weighted by Crippen LogP contribution is -2.45. The molecule has 1 aromatic heterocycles. The Morgan fingerprint density at radius 3 is 2.64 bits per heavy atom. The molecule has 0 saturated carbocycles. The van der Waals surface area contributed by atoms with E-state index in [1.54, 1.807) is 6.08 Å². The van der Waals surface area contributed by atoms with E-state index in [0.29, 0.717) is 0 Å². The summed E-state index contributed by atoms with van der Waals surface area (Å²) in [5.41, 5.74) is 3.47. The Morgan fingerprint density at radius 2 is 1.86 bits per heavy atom. The Labute approximate surface area is 212 Å². The van der Waals surface area contributed by atoms with Crippen LogP contribution >= 0.6 is 0 Å². The van der Waals surface area contributed by atoms with E-state index in [0.717, 1.165) is 75.0 Å². The zero-order valence-corrected chi connectivity index (χ0v) is 21.2. The zero-order chi connectivity index (χ0) is 25.2. The van der Waals surface area contributed by atoms with E-state index in [1.165, 1.54) is 24.1 Å². The van der Waals surface area contributed by atoms with Gasteiger partial charge in [-0.3, -0.25) is 9.69 Å². The van der Waals surface area contributed by atoms with E-state index in [2.05, 4.69) is 52.7 Å². The second-order valence-corrected chi connectivity index (χ2v) is 9.97. The molecular formula is C29H35N3O4. The SMILES string of the molecule is CCCCCc1cccc2c1c(/C=C1\Oc3cc(O)cc(O)c3C1=O)cn2CCN1CCN(C)CC1. The highest BCUT2D eigenvalue weighted by molar-refractivity contribution is 6.16. The standard InChI is InChI=1S/C29H35N3O4/c1-3-4-5-7-20-8-6-9-23-27(20)21(19-32(23)15-14-31-12-10-30(2)11-13-31)16-26-29(35)28-24(34)17-22(33)18-25(28)36-26/h6,8-9,16-19,33-34H,3-5,7,10-15H2,1-2H3/b26-16-. The molecule has 0 unspecified atom stereocenters. The van der Waals surface area contributed by atoms with Crippen molar-refractivity contribution in [2.24, 2.45) is 0 Å². The van der Waals surface area contributed by atoms with Gasteiger partial charge in [0.15, 0.2) is 5.76 Å². The van der Waals surface area contributed by atoms with Crippen molar-refractivity contribution in [3.63, 3.8) is 0 Å². The molecule has 2 aromatic carbocycles. The summed E-state index contributed by atoms with van der Waals surface area (Å²) >= 11 is 0. The second-order valence-electron chi connectivity index (χ2n) is 9.97. The summed E-state index contributed by atoms with van der Waals surface area (Å²) in [5, 5.41) is 21.2. The van der Waals surface area contributed by atoms with Crippen LogP contribution in [0.1, 0.15) is 47.7 Å². The number of fused-ring (bicyclic) bond motifs is 2. The van der Waals surface area contributed by atoms with Gasteiger partial charge in [-0.05, 0) is 37.6 Å². The number of aryl methyl sites for hydroxylation is 1. The predicted molar refractivity (Wildman–Crippen MR) is 142 cm³/mol. The number of phenolic OH excluding ortho intramolecular Hbond substituents is 2. The van der Waals surface area contributed by atoms with Gasteiger partial charge in [0.1, 0.15) is 22.8 Å². The Hall–Kier alpha value is -3.29. The van der Waals surface area contributed by atoms with Gasteiger partial charge in [-0.15, -0.1) is 0 Å². The summed E-state index contributed by atoms with van der Waals surface area (Å²) in [6.45, 7) is 8.38. The van der Waals surface area contributed by atoms with Gasteiger partial charge in [0, 0.05) is 74.1 Å². The average Bonchev–Trinajstić information content (AvgIpc) is 3.36.